The first kappa shape index (κ1) is 21.6. The molecule has 174 valence electrons. The summed E-state index contributed by atoms with van der Waals surface area (Å²) in [6.45, 7) is 3.99. The van der Waals surface area contributed by atoms with Crippen molar-refractivity contribution in [2.75, 3.05) is 31.1 Å². The number of rotatable bonds is 4. The molecule has 1 aliphatic carbocycles. The first-order valence-corrected chi connectivity index (χ1v) is 13.8. The molecule has 34 heavy (non-hydrogen) atoms. The minimum absolute atomic E-state index is 0.352. The second-order valence-corrected chi connectivity index (χ2v) is 11.9. The van der Waals surface area contributed by atoms with Gasteiger partial charge in [0.05, 0.1) is 10.3 Å². The van der Waals surface area contributed by atoms with E-state index in [2.05, 4.69) is 9.88 Å². The van der Waals surface area contributed by atoms with Gasteiger partial charge in [-0.05, 0) is 56.0 Å². The van der Waals surface area contributed by atoms with Gasteiger partial charge in [0.1, 0.15) is 10.6 Å². The van der Waals surface area contributed by atoms with Crippen LogP contribution >= 0.6 is 11.3 Å². The van der Waals surface area contributed by atoms with Crippen LogP contribution in [0.1, 0.15) is 22.4 Å². The monoisotopic (exact) mass is 491 g/mol. The number of fused-ring (bicyclic) bond motifs is 3. The van der Waals surface area contributed by atoms with Crippen molar-refractivity contribution in [1.29, 1.82) is 0 Å². The van der Waals surface area contributed by atoms with Crippen LogP contribution in [0.3, 0.4) is 0 Å². The molecule has 0 bridgehead atoms. The van der Waals surface area contributed by atoms with E-state index in [1.54, 1.807) is 40.2 Å². The third-order valence-corrected chi connectivity index (χ3v) is 9.76. The molecule has 2 aliphatic rings. The molecule has 1 fully saturated rings. The number of piperazine rings is 1. The van der Waals surface area contributed by atoms with Gasteiger partial charge in [-0.1, -0.05) is 17.7 Å². The standard InChI is InChI=1S/C25H25N5O2S2/c1-17-7-9-19(10-8-17)34(31,32)30-14-12-29(13-15-30)24-22-20-5-2-6-21(20)33-25(22)28-23(27-24)18-4-3-11-26-16-18/h3-4,7-11,16H,2,5-6,12-15H2,1H3. The summed E-state index contributed by atoms with van der Waals surface area (Å²) in [5.74, 6) is 1.60. The Hall–Kier alpha value is -2.88. The molecular weight excluding hydrogens is 466 g/mol. The predicted octanol–water partition coefficient (Wildman–Crippen LogP) is 4.06. The van der Waals surface area contributed by atoms with E-state index in [1.807, 2.05) is 31.2 Å². The lowest BCUT2D eigenvalue weighted by molar-refractivity contribution is 0.384. The fourth-order valence-corrected chi connectivity index (χ4v) is 7.51. The molecule has 3 aromatic heterocycles. The molecule has 0 atom stereocenters. The summed E-state index contributed by atoms with van der Waals surface area (Å²) in [5.41, 5.74) is 3.31. The van der Waals surface area contributed by atoms with Gasteiger partial charge >= 0.3 is 0 Å². The first-order valence-electron chi connectivity index (χ1n) is 11.6. The number of hydrogen-bond donors (Lipinski definition) is 0. The van der Waals surface area contributed by atoms with Crippen LogP contribution in [-0.4, -0.2) is 53.9 Å². The number of sulfonamides is 1. The van der Waals surface area contributed by atoms with Crippen molar-refractivity contribution in [2.45, 2.75) is 31.1 Å². The third-order valence-electron chi connectivity index (χ3n) is 6.66. The molecule has 0 spiro atoms. The Morgan fingerprint density at radius 1 is 0.971 bits per heavy atom. The number of aryl methyl sites for hydroxylation is 3. The molecule has 1 aromatic carbocycles. The zero-order valence-electron chi connectivity index (χ0n) is 18.9. The predicted molar refractivity (Wildman–Crippen MR) is 135 cm³/mol. The van der Waals surface area contributed by atoms with Gasteiger partial charge in [0.25, 0.3) is 0 Å². The van der Waals surface area contributed by atoms with Crippen molar-refractivity contribution in [1.82, 2.24) is 19.3 Å². The van der Waals surface area contributed by atoms with Crippen LogP contribution < -0.4 is 4.90 Å². The van der Waals surface area contributed by atoms with Gasteiger partial charge in [0.2, 0.25) is 10.0 Å². The molecule has 0 radical (unpaired) electrons. The highest BCUT2D eigenvalue weighted by molar-refractivity contribution is 7.89. The van der Waals surface area contributed by atoms with Crippen LogP contribution in [-0.2, 0) is 22.9 Å². The Morgan fingerprint density at radius 3 is 2.50 bits per heavy atom. The number of aromatic nitrogens is 3. The quantitative estimate of drug-likeness (QED) is 0.428. The summed E-state index contributed by atoms with van der Waals surface area (Å²) in [7, 11) is -3.51. The third kappa shape index (κ3) is 3.68. The van der Waals surface area contributed by atoms with Crippen LogP contribution in [0.25, 0.3) is 21.6 Å². The number of anilines is 1. The highest BCUT2D eigenvalue weighted by atomic mass is 32.2. The molecule has 4 aromatic rings. The van der Waals surface area contributed by atoms with E-state index in [0.717, 1.165) is 40.0 Å². The van der Waals surface area contributed by atoms with E-state index < -0.39 is 10.0 Å². The zero-order chi connectivity index (χ0) is 23.3. The number of nitrogens with zero attached hydrogens (tertiary/aromatic N) is 5. The smallest absolute Gasteiger partial charge is 0.243 e. The molecule has 0 N–H and O–H groups in total. The summed E-state index contributed by atoms with van der Waals surface area (Å²) in [6, 6.07) is 11.0. The average Bonchev–Trinajstić information content (AvgIpc) is 3.46. The Balaban J connectivity index is 1.34. The number of pyridine rings is 1. The number of benzene rings is 1. The summed E-state index contributed by atoms with van der Waals surface area (Å²) < 4.78 is 28.0. The largest absolute Gasteiger partial charge is 0.353 e. The summed E-state index contributed by atoms with van der Waals surface area (Å²) in [4.78, 5) is 19.2. The van der Waals surface area contributed by atoms with Gasteiger partial charge in [0, 0.05) is 49.0 Å². The second kappa shape index (κ2) is 8.41. The molecule has 0 saturated carbocycles. The fourth-order valence-electron chi connectivity index (χ4n) is 4.83. The van der Waals surface area contributed by atoms with Crippen LogP contribution in [0.4, 0.5) is 5.82 Å². The Bertz CT molecular complexity index is 1460. The fraction of sp³-hybridized carbons (Fsp3) is 0.320. The molecule has 7 nitrogen and oxygen atoms in total. The number of hydrogen-bond acceptors (Lipinski definition) is 7. The zero-order valence-corrected chi connectivity index (χ0v) is 20.6. The maximum Gasteiger partial charge on any atom is 0.243 e. The first-order chi connectivity index (χ1) is 16.5. The Kier molecular flexibility index (Phi) is 5.35. The SMILES string of the molecule is Cc1ccc(S(=O)(=O)N2CCN(c3nc(-c4cccnc4)nc4sc5c(c34)CCC5)CC2)cc1. The van der Waals surface area contributed by atoms with Crippen molar-refractivity contribution in [2.24, 2.45) is 0 Å². The van der Waals surface area contributed by atoms with Crippen LogP contribution in [0, 0.1) is 6.92 Å². The van der Waals surface area contributed by atoms with E-state index in [0.29, 0.717) is 36.9 Å². The molecule has 0 unspecified atom stereocenters. The summed E-state index contributed by atoms with van der Waals surface area (Å²) >= 11 is 1.77. The van der Waals surface area contributed by atoms with E-state index in [4.69, 9.17) is 9.97 Å². The van der Waals surface area contributed by atoms with Gasteiger partial charge in [-0.15, -0.1) is 11.3 Å². The van der Waals surface area contributed by atoms with Crippen molar-refractivity contribution in [3.8, 4) is 11.4 Å². The molecule has 0 amide bonds. The topological polar surface area (TPSA) is 79.3 Å². The lowest BCUT2D eigenvalue weighted by Crippen LogP contribution is -2.49. The van der Waals surface area contributed by atoms with Gasteiger partial charge < -0.3 is 4.90 Å². The maximum absolute atomic E-state index is 13.2. The highest BCUT2D eigenvalue weighted by Gasteiger charge is 2.31. The Morgan fingerprint density at radius 2 is 1.76 bits per heavy atom. The summed E-state index contributed by atoms with van der Waals surface area (Å²) in [5, 5.41) is 1.15. The Labute approximate surface area is 203 Å². The van der Waals surface area contributed by atoms with E-state index in [1.165, 1.54) is 16.9 Å². The lowest BCUT2D eigenvalue weighted by Gasteiger charge is -2.35. The van der Waals surface area contributed by atoms with Crippen LogP contribution in [0.2, 0.25) is 0 Å². The highest BCUT2D eigenvalue weighted by Crippen LogP contribution is 2.41. The van der Waals surface area contributed by atoms with Crippen molar-refractivity contribution in [3.05, 3.63) is 64.8 Å². The molecule has 1 aliphatic heterocycles. The second-order valence-electron chi connectivity index (χ2n) is 8.85. The molecule has 6 rings (SSSR count). The molecule has 4 heterocycles. The lowest BCUT2D eigenvalue weighted by atomic mass is 10.1. The number of thiophene rings is 1. The molecular formula is C25H25N5O2S2. The minimum atomic E-state index is -3.51. The van der Waals surface area contributed by atoms with Gasteiger partial charge in [0.15, 0.2) is 5.82 Å². The molecule has 1 saturated heterocycles. The van der Waals surface area contributed by atoms with Crippen LogP contribution in [0.15, 0.2) is 53.7 Å². The average molecular weight is 492 g/mol. The normalized spacial score (nSPS) is 16.8. The van der Waals surface area contributed by atoms with Crippen LogP contribution in [0.5, 0.6) is 0 Å². The van der Waals surface area contributed by atoms with E-state index in [-0.39, 0.29) is 0 Å². The van der Waals surface area contributed by atoms with Gasteiger partial charge in [-0.2, -0.15) is 4.31 Å². The minimum Gasteiger partial charge on any atom is -0.353 e. The van der Waals surface area contributed by atoms with Crippen molar-refractivity contribution in [3.63, 3.8) is 0 Å². The van der Waals surface area contributed by atoms with Crippen molar-refractivity contribution >= 4 is 37.4 Å². The van der Waals surface area contributed by atoms with Gasteiger partial charge in [-0.25, -0.2) is 18.4 Å². The van der Waals surface area contributed by atoms with E-state index in [9.17, 15) is 8.42 Å². The van der Waals surface area contributed by atoms with Gasteiger partial charge in [-0.3, -0.25) is 4.98 Å². The molecule has 9 heteroatoms. The van der Waals surface area contributed by atoms with E-state index >= 15 is 0 Å². The van der Waals surface area contributed by atoms with Crippen molar-refractivity contribution < 1.29 is 8.42 Å². The maximum atomic E-state index is 13.2. The summed E-state index contributed by atoms with van der Waals surface area (Å²) in [6.07, 6.45) is 6.86.